The predicted octanol–water partition coefficient (Wildman–Crippen LogP) is 3.28. The van der Waals surface area contributed by atoms with Gasteiger partial charge in [-0.05, 0) is 57.1 Å². The first-order valence-corrected chi connectivity index (χ1v) is 10.7. The molecule has 0 radical (unpaired) electrons. The zero-order chi connectivity index (χ0) is 18.5. The Morgan fingerprint density at radius 2 is 2.00 bits per heavy atom. The van der Waals surface area contributed by atoms with Gasteiger partial charge in [0.2, 0.25) is 0 Å². The third-order valence-corrected chi connectivity index (χ3v) is 5.83. The molecule has 2 heterocycles. The summed E-state index contributed by atoms with van der Waals surface area (Å²) in [6.45, 7) is 6.38. The molecule has 0 atom stereocenters. The highest BCUT2D eigenvalue weighted by Gasteiger charge is 2.31. The molecule has 27 heavy (non-hydrogen) atoms. The van der Waals surface area contributed by atoms with E-state index in [1.165, 1.54) is 55.2 Å². The van der Waals surface area contributed by atoms with E-state index in [2.05, 4.69) is 57.9 Å². The Morgan fingerprint density at radius 3 is 2.78 bits per heavy atom. The van der Waals surface area contributed by atoms with Crippen LogP contribution in [0.25, 0.3) is 10.9 Å². The van der Waals surface area contributed by atoms with Gasteiger partial charge in [0.15, 0.2) is 5.96 Å². The van der Waals surface area contributed by atoms with Crippen molar-refractivity contribution < 1.29 is 0 Å². The SMILES string of the molecule is CCNC(=NCCCc1c[nH]c2ccccc12)NC1CCN(C2CC2)CC1. The maximum atomic E-state index is 4.82. The molecule has 0 bridgehead atoms. The van der Waals surface area contributed by atoms with E-state index in [0.29, 0.717) is 6.04 Å². The van der Waals surface area contributed by atoms with Crippen molar-refractivity contribution in [2.24, 2.45) is 4.99 Å². The quantitative estimate of drug-likeness (QED) is 0.400. The summed E-state index contributed by atoms with van der Waals surface area (Å²) in [5.74, 6) is 0.987. The van der Waals surface area contributed by atoms with Crippen molar-refractivity contribution in [3.8, 4) is 0 Å². The molecule has 0 unspecified atom stereocenters. The first kappa shape index (κ1) is 18.4. The van der Waals surface area contributed by atoms with Crippen LogP contribution in [-0.4, -0.2) is 54.1 Å². The number of H-pyrrole nitrogens is 1. The van der Waals surface area contributed by atoms with Gasteiger partial charge in [0.25, 0.3) is 0 Å². The van der Waals surface area contributed by atoms with Gasteiger partial charge in [0.1, 0.15) is 0 Å². The number of benzene rings is 1. The lowest BCUT2D eigenvalue weighted by molar-refractivity contribution is 0.197. The second-order valence-electron chi connectivity index (χ2n) is 7.91. The third kappa shape index (κ3) is 4.83. The molecule has 1 aromatic heterocycles. The number of aromatic nitrogens is 1. The maximum absolute atomic E-state index is 4.82. The fourth-order valence-electron chi connectivity index (χ4n) is 4.16. The van der Waals surface area contributed by atoms with Crippen LogP contribution >= 0.6 is 0 Å². The van der Waals surface area contributed by atoms with Crippen LogP contribution in [0.1, 0.15) is 44.6 Å². The van der Waals surface area contributed by atoms with E-state index in [4.69, 9.17) is 4.99 Å². The number of aryl methyl sites for hydroxylation is 1. The molecule has 1 aliphatic heterocycles. The standard InChI is InChI=1S/C22H33N5/c1-2-23-22(26-18-11-14-27(15-12-18)19-9-10-19)24-13-5-6-17-16-25-21-8-4-3-7-20(17)21/h3-4,7-8,16,18-19,25H,2,5-6,9-15H2,1H3,(H2,23,24,26). The molecule has 3 N–H and O–H groups in total. The largest absolute Gasteiger partial charge is 0.361 e. The van der Waals surface area contributed by atoms with E-state index in [1.54, 1.807) is 0 Å². The molecule has 0 amide bonds. The first-order valence-electron chi connectivity index (χ1n) is 10.7. The van der Waals surface area contributed by atoms with Crippen LogP contribution in [0.4, 0.5) is 0 Å². The number of fused-ring (bicyclic) bond motifs is 1. The number of aromatic amines is 1. The molecule has 2 aromatic rings. The van der Waals surface area contributed by atoms with Gasteiger partial charge in [-0.15, -0.1) is 0 Å². The Kier molecular flexibility index (Phi) is 5.97. The summed E-state index contributed by atoms with van der Waals surface area (Å²) in [4.78, 5) is 10.9. The topological polar surface area (TPSA) is 55.5 Å². The number of nitrogens with zero attached hydrogens (tertiary/aromatic N) is 2. The van der Waals surface area contributed by atoms with E-state index in [9.17, 15) is 0 Å². The summed E-state index contributed by atoms with van der Waals surface area (Å²) in [6, 6.07) is 9.99. The molecule has 5 nitrogen and oxygen atoms in total. The molecule has 2 fully saturated rings. The number of nitrogens with one attached hydrogen (secondary N) is 3. The number of likely N-dealkylation sites (tertiary alicyclic amines) is 1. The van der Waals surface area contributed by atoms with Gasteiger partial charge >= 0.3 is 0 Å². The molecule has 4 rings (SSSR count). The van der Waals surface area contributed by atoms with Crippen LogP contribution < -0.4 is 10.6 Å². The highest BCUT2D eigenvalue weighted by molar-refractivity contribution is 5.83. The predicted molar refractivity (Wildman–Crippen MR) is 113 cm³/mol. The monoisotopic (exact) mass is 367 g/mol. The number of aliphatic imine (C=N–C) groups is 1. The number of guanidine groups is 1. The molecular formula is C22H33N5. The fraction of sp³-hybridized carbons (Fsp3) is 0.591. The summed E-state index contributed by atoms with van der Waals surface area (Å²) in [7, 11) is 0. The van der Waals surface area contributed by atoms with Crippen LogP contribution in [0.15, 0.2) is 35.5 Å². The van der Waals surface area contributed by atoms with Gasteiger partial charge in [-0.1, -0.05) is 18.2 Å². The number of para-hydroxylation sites is 1. The maximum Gasteiger partial charge on any atom is 0.191 e. The molecule has 0 spiro atoms. The zero-order valence-corrected chi connectivity index (χ0v) is 16.5. The lowest BCUT2D eigenvalue weighted by Crippen LogP contribution is -2.49. The molecule has 1 saturated heterocycles. The van der Waals surface area contributed by atoms with Gasteiger partial charge in [-0.25, -0.2) is 0 Å². The van der Waals surface area contributed by atoms with Crippen molar-refractivity contribution in [1.82, 2.24) is 20.5 Å². The Morgan fingerprint density at radius 1 is 1.19 bits per heavy atom. The second-order valence-corrected chi connectivity index (χ2v) is 7.91. The van der Waals surface area contributed by atoms with Gasteiger partial charge in [-0.3, -0.25) is 4.99 Å². The van der Waals surface area contributed by atoms with E-state index in [-0.39, 0.29) is 0 Å². The highest BCUT2D eigenvalue weighted by Crippen LogP contribution is 2.29. The van der Waals surface area contributed by atoms with E-state index in [0.717, 1.165) is 37.9 Å². The smallest absolute Gasteiger partial charge is 0.191 e. The van der Waals surface area contributed by atoms with Crippen molar-refractivity contribution in [2.45, 2.75) is 57.5 Å². The zero-order valence-electron chi connectivity index (χ0n) is 16.5. The summed E-state index contributed by atoms with van der Waals surface area (Å²) in [5, 5.41) is 8.43. The van der Waals surface area contributed by atoms with Crippen LogP contribution in [0.3, 0.4) is 0 Å². The van der Waals surface area contributed by atoms with Crippen LogP contribution in [0.2, 0.25) is 0 Å². The third-order valence-electron chi connectivity index (χ3n) is 5.83. The number of hydrogen-bond acceptors (Lipinski definition) is 2. The van der Waals surface area contributed by atoms with Gasteiger partial charge < -0.3 is 20.5 Å². The van der Waals surface area contributed by atoms with E-state index >= 15 is 0 Å². The average molecular weight is 368 g/mol. The Hall–Kier alpha value is -2.01. The number of piperidine rings is 1. The van der Waals surface area contributed by atoms with E-state index < -0.39 is 0 Å². The minimum absolute atomic E-state index is 0.561. The van der Waals surface area contributed by atoms with Gasteiger partial charge in [0, 0.05) is 55.4 Å². The van der Waals surface area contributed by atoms with Crippen molar-refractivity contribution in [3.63, 3.8) is 0 Å². The molecule has 146 valence electrons. The average Bonchev–Trinajstić information content (AvgIpc) is 3.47. The molecule has 1 aliphatic carbocycles. The first-order chi connectivity index (χ1) is 13.3. The Balaban J connectivity index is 1.25. The van der Waals surface area contributed by atoms with Crippen molar-refractivity contribution in [2.75, 3.05) is 26.2 Å². The van der Waals surface area contributed by atoms with Crippen LogP contribution in [0.5, 0.6) is 0 Å². The van der Waals surface area contributed by atoms with Crippen LogP contribution in [0, 0.1) is 0 Å². The summed E-state index contributed by atoms with van der Waals surface area (Å²) in [6.07, 6.45) is 9.57. The van der Waals surface area contributed by atoms with E-state index in [1.807, 2.05) is 0 Å². The highest BCUT2D eigenvalue weighted by atomic mass is 15.2. The Labute approximate surface area is 162 Å². The van der Waals surface area contributed by atoms with Gasteiger partial charge in [0.05, 0.1) is 0 Å². The molecule has 2 aliphatic rings. The summed E-state index contributed by atoms with van der Waals surface area (Å²) in [5.41, 5.74) is 2.62. The minimum Gasteiger partial charge on any atom is -0.361 e. The minimum atomic E-state index is 0.561. The molecule has 1 aromatic carbocycles. The second kappa shape index (κ2) is 8.79. The summed E-state index contributed by atoms with van der Waals surface area (Å²) >= 11 is 0. The summed E-state index contributed by atoms with van der Waals surface area (Å²) < 4.78 is 0. The van der Waals surface area contributed by atoms with Crippen LogP contribution in [-0.2, 0) is 6.42 Å². The van der Waals surface area contributed by atoms with Crippen molar-refractivity contribution in [3.05, 3.63) is 36.0 Å². The molecular weight excluding hydrogens is 334 g/mol. The van der Waals surface area contributed by atoms with Gasteiger partial charge in [-0.2, -0.15) is 0 Å². The Bertz CT molecular complexity index is 753. The molecule has 5 heteroatoms. The van der Waals surface area contributed by atoms with Crippen molar-refractivity contribution >= 4 is 16.9 Å². The molecule has 1 saturated carbocycles. The normalized spacial score (nSPS) is 19.5. The lowest BCUT2D eigenvalue weighted by Gasteiger charge is -2.33. The number of hydrogen-bond donors (Lipinski definition) is 3. The lowest BCUT2D eigenvalue weighted by atomic mass is 10.1. The number of rotatable bonds is 7. The van der Waals surface area contributed by atoms with Crippen molar-refractivity contribution in [1.29, 1.82) is 0 Å². The fourth-order valence-corrected chi connectivity index (χ4v) is 4.16.